The highest BCUT2D eigenvalue weighted by Crippen LogP contribution is 2.31. The summed E-state index contributed by atoms with van der Waals surface area (Å²) in [5.74, 6) is 1.97. The summed E-state index contributed by atoms with van der Waals surface area (Å²) in [6.07, 6.45) is 9.39. The number of hydrogen-bond donors (Lipinski definition) is 1. The van der Waals surface area contributed by atoms with Gasteiger partial charge in [-0.25, -0.2) is 0 Å². The lowest BCUT2D eigenvalue weighted by Crippen LogP contribution is -2.39. The molecule has 0 radical (unpaired) electrons. The number of nitrogens with zero attached hydrogens (tertiary/aromatic N) is 2. The Morgan fingerprint density at radius 3 is 2.14 bits per heavy atom. The Hall–Kier alpha value is -0.350. The SMILES string of the molecule is Cl.Cl.c1cc(CN2CCC(C3CCNCC3)CC2)ccn1. The molecule has 2 aliphatic heterocycles. The fourth-order valence-corrected chi connectivity index (χ4v) is 3.64. The van der Waals surface area contributed by atoms with Crippen molar-refractivity contribution in [2.75, 3.05) is 26.2 Å². The van der Waals surface area contributed by atoms with Crippen LogP contribution in [0, 0.1) is 11.8 Å². The quantitative estimate of drug-likeness (QED) is 0.922. The van der Waals surface area contributed by atoms with E-state index in [-0.39, 0.29) is 24.8 Å². The molecular weight excluding hydrogens is 305 g/mol. The van der Waals surface area contributed by atoms with Crippen LogP contribution >= 0.6 is 24.8 Å². The lowest BCUT2D eigenvalue weighted by Gasteiger charge is -2.37. The Kier molecular flexibility index (Phi) is 8.57. The van der Waals surface area contributed by atoms with Crippen LogP contribution in [-0.4, -0.2) is 36.1 Å². The fraction of sp³-hybridized carbons (Fsp3) is 0.688. The summed E-state index contributed by atoms with van der Waals surface area (Å²) >= 11 is 0. The average molecular weight is 332 g/mol. The predicted octanol–water partition coefficient (Wildman–Crippen LogP) is 3.14. The number of likely N-dealkylation sites (tertiary alicyclic amines) is 1. The smallest absolute Gasteiger partial charge is 0.0271 e. The van der Waals surface area contributed by atoms with Crippen molar-refractivity contribution in [3.63, 3.8) is 0 Å². The largest absolute Gasteiger partial charge is 0.317 e. The molecule has 3 heterocycles. The normalized spacial score (nSPS) is 21.3. The molecule has 1 aromatic heterocycles. The van der Waals surface area contributed by atoms with Crippen molar-refractivity contribution in [3.05, 3.63) is 30.1 Å². The van der Waals surface area contributed by atoms with E-state index in [1.807, 2.05) is 12.4 Å². The Bertz CT molecular complexity index is 374. The Balaban J connectivity index is 0.00000110. The molecule has 0 atom stereocenters. The topological polar surface area (TPSA) is 28.2 Å². The van der Waals surface area contributed by atoms with E-state index >= 15 is 0 Å². The van der Waals surface area contributed by atoms with Crippen LogP contribution in [0.2, 0.25) is 0 Å². The summed E-state index contributed by atoms with van der Waals surface area (Å²) in [6, 6.07) is 4.28. The first-order chi connectivity index (χ1) is 9.42. The summed E-state index contributed by atoms with van der Waals surface area (Å²) < 4.78 is 0. The lowest BCUT2D eigenvalue weighted by atomic mass is 9.79. The van der Waals surface area contributed by atoms with Gasteiger partial charge in [0, 0.05) is 18.9 Å². The molecule has 2 saturated heterocycles. The number of rotatable bonds is 3. The van der Waals surface area contributed by atoms with Crippen molar-refractivity contribution in [1.29, 1.82) is 0 Å². The van der Waals surface area contributed by atoms with Gasteiger partial charge in [-0.05, 0) is 81.4 Å². The van der Waals surface area contributed by atoms with E-state index in [0.717, 1.165) is 18.4 Å². The first kappa shape index (κ1) is 18.7. The van der Waals surface area contributed by atoms with Crippen LogP contribution in [0.5, 0.6) is 0 Å². The van der Waals surface area contributed by atoms with Gasteiger partial charge in [0.05, 0.1) is 0 Å². The second-order valence-electron chi connectivity index (χ2n) is 6.06. The van der Waals surface area contributed by atoms with Gasteiger partial charge in [0.15, 0.2) is 0 Å². The van der Waals surface area contributed by atoms with Crippen molar-refractivity contribution in [1.82, 2.24) is 15.2 Å². The molecule has 0 unspecified atom stereocenters. The summed E-state index contributed by atoms with van der Waals surface area (Å²) in [7, 11) is 0. The van der Waals surface area contributed by atoms with E-state index in [0.29, 0.717) is 0 Å². The third kappa shape index (κ3) is 5.41. The standard InChI is InChI=1S/C16H25N3.2ClH/c1-7-17-8-2-14(1)13-19-11-5-16(6-12-19)15-3-9-18-10-4-15;;/h1-2,7-8,15-16,18H,3-6,9-13H2;2*1H. The van der Waals surface area contributed by atoms with Gasteiger partial charge in [0.25, 0.3) is 0 Å². The van der Waals surface area contributed by atoms with Crippen molar-refractivity contribution in [2.24, 2.45) is 11.8 Å². The van der Waals surface area contributed by atoms with Gasteiger partial charge in [0.2, 0.25) is 0 Å². The van der Waals surface area contributed by atoms with E-state index in [2.05, 4.69) is 27.3 Å². The summed E-state index contributed by atoms with van der Waals surface area (Å²) in [5.41, 5.74) is 1.40. The molecule has 0 amide bonds. The average Bonchev–Trinajstić information content (AvgIpc) is 2.50. The zero-order valence-electron chi connectivity index (χ0n) is 12.5. The molecule has 0 aromatic carbocycles. The Morgan fingerprint density at radius 2 is 1.52 bits per heavy atom. The number of nitrogens with one attached hydrogen (secondary N) is 1. The van der Waals surface area contributed by atoms with Crippen LogP contribution in [0.15, 0.2) is 24.5 Å². The number of halogens is 2. The Labute approximate surface area is 140 Å². The van der Waals surface area contributed by atoms with Crippen molar-refractivity contribution < 1.29 is 0 Å². The van der Waals surface area contributed by atoms with Crippen LogP contribution in [0.4, 0.5) is 0 Å². The molecule has 21 heavy (non-hydrogen) atoms. The van der Waals surface area contributed by atoms with Gasteiger partial charge in [0.1, 0.15) is 0 Å². The molecule has 0 saturated carbocycles. The van der Waals surface area contributed by atoms with Gasteiger partial charge in [-0.2, -0.15) is 0 Å². The zero-order chi connectivity index (χ0) is 12.9. The third-order valence-electron chi connectivity index (χ3n) is 4.84. The van der Waals surface area contributed by atoms with E-state index in [1.165, 1.54) is 57.4 Å². The van der Waals surface area contributed by atoms with E-state index in [1.54, 1.807) is 0 Å². The summed E-state index contributed by atoms with van der Waals surface area (Å²) in [5, 5.41) is 3.48. The van der Waals surface area contributed by atoms with Crippen LogP contribution < -0.4 is 5.32 Å². The van der Waals surface area contributed by atoms with Crippen molar-refractivity contribution in [3.8, 4) is 0 Å². The molecule has 2 fully saturated rings. The first-order valence-corrected chi connectivity index (χ1v) is 7.74. The monoisotopic (exact) mass is 331 g/mol. The summed E-state index contributed by atoms with van der Waals surface area (Å²) in [6.45, 7) is 6.12. The van der Waals surface area contributed by atoms with E-state index < -0.39 is 0 Å². The molecular formula is C16H27Cl2N3. The maximum Gasteiger partial charge on any atom is 0.0271 e. The van der Waals surface area contributed by atoms with Gasteiger partial charge < -0.3 is 5.32 Å². The van der Waals surface area contributed by atoms with Crippen molar-refractivity contribution in [2.45, 2.75) is 32.2 Å². The number of hydrogen-bond acceptors (Lipinski definition) is 3. The van der Waals surface area contributed by atoms with Crippen LogP contribution in [0.25, 0.3) is 0 Å². The highest BCUT2D eigenvalue weighted by Gasteiger charge is 2.27. The van der Waals surface area contributed by atoms with Gasteiger partial charge in [-0.1, -0.05) is 0 Å². The Morgan fingerprint density at radius 1 is 0.952 bits per heavy atom. The zero-order valence-corrected chi connectivity index (χ0v) is 14.2. The minimum Gasteiger partial charge on any atom is -0.317 e. The van der Waals surface area contributed by atoms with Gasteiger partial charge in [-0.3, -0.25) is 9.88 Å². The van der Waals surface area contributed by atoms with E-state index in [9.17, 15) is 0 Å². The lowest BCUT2D eigenvalue weighted by molar-refractivity contribution is 0.126. The van der Waals surface area contributed by atoms with Gasteiger partial charge >= 0.3 is 0 Å². The molecule has 120 valence electrons. The maximum atomic E-state index is 4.09. The van der Waals surface area contributed by atoms with E-state index in [4.69, 9.17) is 0 Å². The number of pyridine rings is 1. The minimum absolute atomic E-state index is 0. The van der Waals surface area contributed by atoms with Crippen molar-refractivity contribution >= 4 is 24.8 Å². The molecule has 2 aliphatic rings. The second-order valence-corrected chi connectivity index (χ2v) is 6.06. The first-order valence-electron chi connectivity index (χ1n) is 7.74. The maximum absolute atomic E-state index is 4.09. The molecule has 0 aliphatic carbocycles. The predicted molar refractivity (Wildman–Crippen MR) is 92.3 cm³/mol. The molecule has 1 N–H and O–H groups in total. The molecule has 5 heteroatoms. The number of aromatic nitrogens is 1. The van der Waals surface area contributed by atoms with Crippen LogP contribution in [0.1, 0.15) is 31.2 Å². The summed E-state index contributed by atoms with van der Waals surface area (Å²) in [4.78, 5) is 6.69. The molecule has 3 nitrogen and oxygen atoms in total. The fourth-order valence-electron chi connectivity index (χ4n) is 3.64. The molecule has 0 bridgehead atoms. The third-order valence-corrected chi connectivity index (χ3v) is 4.84. The highest BCUT2D eigenvalue weighted by atomic mass is 35.5. The molecule has 3 rings (SSSR count). The highest BCUT2D eigenvalue weighted by molar-refractivity contribution is 5.85. The molecule has 0 spiro atoms. The second kappa shape index (κ2) is 9.62. The molecule has 1 aromatic rings. The van der Waals surface area contributed by atoms with Crippen LogP contribution in [-0.2, 0) is 6.54 Å². The van der Waals surface area contributed by atoms with Gasteiger partial charge in [-0.15, -0.1) is 24.8 Å². The minimum atomic E-state index is 0. The number of piperidine rings is 2. The van der Waals surface area contributed by atoms with Crippen LogP contribution in [0.3, 0.4) is 0 Å².